The minimum atomic E-state index is -4.73. The van der Waals surface area contributed by atoms with Gasteiger partial charge in [0.15, 0.2) is 10.7 Å². The molecule has 11 heteroatoms. The van der Waals surface area contributed by atoms with E-state index in [9.17, 15) is 12.8 Å². The van der Waals surface area contributed by atoms with E-state index in [1.165, 1.54) is 25.0 Å². The van der Waals surface area contributed by atoms with Crippen LogP contribution in [0.3, 0.4) is 0 Å². The number of fused-ring (bicyclic) bond motifs is 1. The molecule has 4 heterocycles. The fraction of sp³-hybridized carbons (Fsp3) is 0.522. The second kappa shape index (κ2) is 7.73. The third kappa shape index (κ3) is 3.40. The van der Waals surface area contributed by atoms with Crippen molar-refractivity contribution in [2.24, 2.45) is 11.3 Å². The van der Waals surface area contributed by atoms with Crippen LogP contribution >= 0.6 is 11.6 Å². The van der Waals surface area contributed by atoms with Gasteiger partial charge in [-0.05, 0) is 50.2 Å². The van der Waals surface area contributed by atoms with Crippen LogP contribution in [0.25, 0.3) is 0 Å². The summed E-state index contributed by atoms with van der Waals surface area (Å²) in [7, 11) is -4.73. The summed E-state index contributed by atoms with van der Waals surface area (Å²) in [6.45, 7) is 2.40. The van der Waals surface area contributed by atoms with Gasteiger partial charge in [0.05, 0.1) is 5.69 Å². The molecule has 3 aliphatic heterocycles. The van der Waals surface area contributed by atoms with Gasteiger partial charge in [-0.15, -0.1) is 0 Å². The van der Waals surface area contributed by atoms with E-state index >= 15 is 8.78 Å². The van der Waals surface area contributed by atoms with Crippen molar-refractivity contribution >= 4 is 33.1 Å². The van der Waals surface area contributed by atoms with Crippen LogP contribution in [-0.2, 0) is 10.0 Å². The van der Waals surface area contributed by atoms with Crippen LogP contribution in [0.4, 0.5) is 24.7 Å². The SMILES string of the molecule is O=S(=O)(Nc1cccc(F)n1)c1c(F)cc(N2CC[C@@]3(CCC3N3CC4CC3C4)C2)c(Cl)c1F. The lowest BCUT2D eigenvalue weighted by Crippen LogP contribution is -2.57. The van der Waals surface area contributed by atoms with Crippen LogP contribution in [0.5, 0.6) is 0 Å². The van der Waals surface area contributed by atoms with E-state index in [1.807, 2.05) is 9.62 Å². The number of halogens is 4. The van der Waals surface area contributed by atoms with Crippen molar-refractivity contribution in [2.75, 3.05) is 29.3 Å². The highest BCUT2D eigenvalue weighted by Crippen LogP contribution is 2.56. The number of hydrogen-bond donors (Lipinski definition) is 1. The zero-order valence-electron chi connectivity index (χ0n) is 18.3. The van der Waals surface area contributed by atoms with Gasteiger partial charge in [-0.1, -0.05) is 17.7 Å². The first-order valence-corrected chi connectivity index (χ1v) is 13.4. The Morgan fingerprint density at radius 1 is 1.18 bits per heavy atom. The average molecular weight is 513 g/mol. The lowest BCUT2D eigenvalue weighted by molar-refractivity contribution is -0.0125. The topological polar surface area (TPSA) is 65.5 Å². The summed E-state index contributed by atoms with van der Waals surface area (Å²) in [6, 6.07) is 5.59. The lowest BCUT2D eigenvalue weighted by atomic mass is 9.63. The highest BCUT2D eigenvalue weighted by Gasteiger charge is 2.58. The standard InChI is InChI=1S/C23H24ClF3N4O2S/c24-20-16(30-7-6-23(12-30)5-4-17(23)31-11-13-8-14(31)9-13)10-15(25)22(21(20)27)34(32,33)29-19-3-1-2-18(26)28-19/h1-3,10,13-14,17H,4-9,11-12H2,(H,28,29)/t13?,14?,17?,23-/m0/s1. The Labute approximate surface area is 201 Å². The Morgan fingerprint density at radius 3 is 2.62 bits per heavy atom. The molecule has 2 aliphatic carbocycles. The molecule has 2 saturated carbocycles. The van der Waals surface area contributed by atoms with Gasteiger partial charge in [-0.3, -0.25) is 9.62 Å². The summed E-state index contributed by atoms with van der Waals surface area (Å²) >= 11 is 6.27. The summed E-state index contributed by atoms with van der Waals surface area (Å²) in [6.07, 6.45) is 5.70. The van der Waals surface area contributed by atoms with E-state index in [4.69, 9.17) is 11.6 Å². The third-order valence-electron chi connectivity index (χ3n) is 8.22. The first-order valence-electron chi connectivity index (χ1n) is 11.5. The van der Waals surface area contributed by atoms with Crippen molar-refractivity contribution < 1.29 is 21.6 Å². The number of benzene rings is 1. The number of rotatable bonds is 5. The zero-order chi connectivity index (χ0) is 23.8. The first kappa shape index (κ1) is 22.4. The van der Waals surface area contributed by atoms with Crippen LogP contribution in [0.15, 0.2) is 29.2 Å². The molecular formula is C23H24ClF3N4O2S. The lowest BCUT2D eigenvalue weighted by Gasteiger charge is -2.52. The van der Waals surface area contributed by atoms with E-state index in [2.05, 4.69) is 9.88 Å². The molecule has 2 bridgehead atoms. The number of nitrogens with zero attached hydrogens (tertiary/aromatic N) is 3. The van der Waals surface area contributed by atoms with Crippen LogP contribution in [0, 0.1) is 28.9 Å². The molecule has 1 unspecified atom stereocenters. The molecule has 1 aromatic carbocycles. The molecule has 2 atom stereocenters. The van der Waals surface area contributed by atoms with Crippen molar-refractivity contribution in [3.05, 3.63) is 46.9 Å². The first-order chi connectivity index (χ1) is 16.2. The van der Waals surface area contributed by atoms with E-state index in [1.54, 1.807) is 0 Å². The Balaban J connectivity index is 1.26. The molecule has 1 N–H and O–H groups in total. The number of pyridine rings is 1. The van der Waals surface area contributed by atoms with Gasteiger partial charge < -0.3 is 4.90 Å². The molecule has 1 spiro atoms. The molecule has 182 valence electrons. The van der Waals surface area contributed by atoms with Crippen molar-refractivity contribution in [3.8, 4) is 0 Å². The summed E-state index contributed by atoms with van der Waals surface area (Å²) in [5, 5.41) is -0.440. The molecule has 0 radical (unpaired) electrons. The largest absolute Gasteiger partial charge is 0.370 e. The quantitative estimate of drug-likeness (QED) is 0.475. The normalized spacial score (nSPS) is 30.5. The number of hydrogen-bond acceptors (Lipinski definition) is 5. The molecular weight excluding hydrogens is 489 g/mol. The van der Waals surface area contributed by atoms with Crippen molar-refractivity contribution in [3.63, 3.8) is 0 Å². The van der Waals surface area contributed by atoms with Crippen LogP contribution in [0.2, 0.25) is 5.02 Å². The maximum atomic E-state index is 15.2. The maximum Gasteiger partial charge on any atom is 0.268 e. The molecule has 5 aliphatic rings. The predicted octanol–water partition coefficient (Wildman–Crippen LogP) is 4.41. The average Bonchev–Trinajstić information content (AvgIpc) is 3.44. The van der Waals surface area contributed by atoms with Gasteiger partial charge >= 0.3 is 0 Å². The van der Waals surface area contributed by atoms with Gasteiger partial charge in [0.25, 0.3) is 10.0 Å². The zero-order valence-corrected chi connectivity index (χ0v) is 19.8. The molecule has 3 saturated heterocycles. The van der Waals surface area contributed by atoms with Crippen LogP contribution < -0.4 is 9.62 Å². The van der Waals surface area contributed by atoms with Crippen molar-refractivity contribution in [1.29, 1.82) is 0 Å². The van der Waals surface area contributed by atoms with E-state index < -0.39 is 43.3 Å². The van der Waals surface area contributed by atoms with Gasteiger partial charge in [-0.25, -0.2) is 22.2 Å². The van der Waals surface area contributed by atoms with Gasteiger partial charge in [0.1, 0.15) is 16.7 Å². The smallest absolute Gasteiger partial charge is 0.268 e. The Bertz CT molecular complexity index is 1270. The molecule has 0 amide bonds. The van der Waals surface area contributed by atoms with Gasteiger partial charge in [0, 0.05) is 43.2 Å². The molecule has 5 fully saturated rings. The van der Waals surface area contributed by atoms with Crippen LogP contribution in [0.1, 0.15) is 32.1 Å². The minimum absolute atomic E-state index is 0.0864. The maximum absolute atomic E-state index is 15.2. The molecule has 2 aromatic rings. The van der Waals surface area contributed by atoms with E-state index in [0.717, 1.165) is 43.9 Å². The molecule has 6 nitrogen and oxygen atoms in total. The highest BCUT2D eigenvalue weighted by molar-refractivity contribution is 7.92. The Morgan fingerprint density at radius 2 is 1.97 bits per heavy atom. The second-order valence-electron chi connectivity index (χ2n) is 10.1. The van der Waals surface area contributed by atoms with Gasteiger partial charge in [0.2, 0.25) is 5.95 Å². The molecule has 7 rings (SSSR count). The number of anilines is 2. The molecule has 34 heavy (non-hydrogen) atoms. The fourth-order valence-corrected chi connectivity index (χ4v) is 7.89. The van der Waals surface area contributed by atoms with Gasteiger partial charge in [-0.2, -0.15) is 4.39 Å². The summed E-state index contributed by atoms with van der Waals surface area (Å²) in [4.78, 5) is 6.69. The minimum Gasteiger partial charge on any atom is -0.370 e. The fourth-order valence-electron chi connectivity index (χ4n) is 6.42. The van der Waals surface area contributed by atoms with Crippen molar-refractivity contribution in [1.82, 2.24) is 9.88 Å². The summed E-state index contributed by atoms with van der Waals surface area (Å²) in [5.74, 6) is -3.13. The summed E-state index contributed by atoms with van der Waals surface area (Å²) < 4.78 is 70.9. The number of sulfonamides is 1. The third-order valence-corrected chi connectivity index (χ3v) is 9.97. The number of nitrogens with one attached hydrogen (secondary N) is 1. The molecule has 1 aromatic heterocycles. The number of aromatic nitrogens is 1. The summed E-state index contributed by atoms with van der Waals surface area (Å²) in [5.41, 5.74) is 0.246. The Hall–Kier alpha value is -2.04. The van der Waals surface area contributed by atoms with Crippen LogP contribution in [-0.4, -0.2) is 50.0 Å². The predicted molar refractivity (Wildman–Crippen MR) is 122 cm³/mol. The van der Waals surface area contributed by atoms with Crippen molar-refractivity contribution in [2.45, 2.75) is 49.1 Å². The highest BCUT2D eigenvalue weighted by atomic mass is 35.5. The second-order valence-corrected chi connectivity index (χ2v) is 12.1. The van der Waals surface area contributed by atoms with E-state index in [0.29, 0.717) is 25.2 Å². The monoisotopic (exact) mass is 512 g/mol. The Kier molecular flexibility index (Phi) is 5.10. The van der Waals surface area contributed by atoms with E-state index in [-0.39, 0.29) is 11.1 Å².